The van der Waals surface area contributed by atoms with Gasteiger partial charge in [0.1, 0.15) is 5.69 Å². The maximum atomic E-state index is 12.0. The van der Waals surface area contributed by atoms with Gasteiger partial charge in [0, 0.05) is 18.2 Å². The Morgan fingerprint density at radius 2 is 1.87 bits per heavy atom. The van der Waals surface area contributed by atoms with Crippen molar-refractivity contribution in [2.75, 3.05) is 0 Å². The van der Waals surface area contributed by atoms with Gasteiger partial charge in [-0.15, -0.1) is 11.8 Å². The van der Waals surface area contributed by atoms with Gasteiger partial charge in [-0.25, -0.2) is 4.68 Å². The fourth-order valence-electron chi connectivity index (χ4n) is 2.91. The first-order valence-corrected chi connectivity index (χ1v) is 8.56. The molecule has 1 aromatic heterocycles. The number of rotatable bonds is 2. The van der Waals surface area contributed by atoms with Crippen LogP contribution in [0.3, 0.4) is 0 Å². The van der Waals surface area contributed by atoms with Gasteiger partial charge in [0.15, 0.2) is 5.78 Å². The average molecular weight is 320 g/mol. The van der Waals surface area contributed by atoms with Crippen molar-refractivity contribution in [3.05, 3.63) is 65.4 Å². The van der Waals surface area contributed by atoms with Crippen LogP contribution in [0.15, 0.2) is 53.4 Å². The highest BCUT2D eigenvalue weighted by Gasteiger charge is 2.27. The molecule has 1 aliphatic rings. The second-order valence-corrected chi connectivity index (χ2v) is 6.76. The van der Waals surface area contributed by atoms with Gasteiger partial charge in [-0.1, -0.05) is 42.0 Å². The third-order valence-corrected chi connectivity index (χ3v) is 5.23. The van der Waals surface area contributed by atoms with Crippen molar-refractivity contribution < 1.29 is 4.79 Å². The Morgan fingerprint density at radius 1 is 1.13 bits per heavy atom. The first-order valence-electron chi connectivity index (χ1n) is 7.57. The third kappa shape index (κ3) is 2.30. The van der Waals surface area contributed by atoms with E-state index in [1.54, 1.807) is 18.7 Å². The van der Waals surface area contributed by atoms with E-state index in [4.69, 9.17) is 0 Å². The summed E-state index contributed by atoms with van der Waals surface area (Å²) in [5.74, 6) is 0.891. The largest absolute Gasteiger partial charge is 0.293 e. The van der Waals surface area contributed by atoms with E-state index >= 15 is 0 Å². The van der Waals surface area contributed by atoms with Crippen molar-refractivity contribution >= 4 is 17.5 Å². The molecule has 4 heteroatoms. The lowest BCUT2D eigenvalue weighted by atomic mass is 10.0. The van der Waals surface area contributed by atoms with Crippen molar-refractivity contribution in [2.24, 2.45) is 0 Å². The van der Waals surface area contributed by atoms with Crippen LogP contribution in [0.1, 0.15) is 28.5 Å². The van der Waals surface area contributed by atoms with E-state index in [9.17, 15) is 4.79 Å². The molecular formula is C19H16N2OS. The predicted molar refractivity (Wildman–Crippen MR) is 93.3 cm³/mol. The minimum absolute atomic E-state index is 0.0130. The zero-order chi connectivity index (χ0) is 16.0. The Morgan fingerprint density at radius 3 is 2.61 bits per heavy atom. The van der Waals surface area contributed by atoms with Crippen LogP contribution in [0.4, 0.5) is 0 Å². The van der Waals surface area contributed by atoms with E-state index < -0.39 is 0 Å². The van der Waals surface area contributed by atoms with Crippen LogP contribution in [0.25, 0.3) is 16.9 Å². The van der Waals surface area contributed by atoms with Gasteiger partial charge in [-0.05, 0) is 24.6 Å². The summed E-state index contributed by atoms with van der Waals surface area (Å²) in [4.78, 5) is 13.0. The molecular weight excluding hydrogens is 304 g/mol. The van der Waals surface area contributed by atoms with Gasteiger partial charge in [0.05, 0.1) is 16.3 Å². The fraction of sp³-hybridized carbons (Fsp3) is 0.158. The molecule has 0 fully saturated rings. The second kappa shape index (κ2) is 5.39. The van der Waals surface area contributed by atoms with Crippen LogP contribution in [0.5, 0.6) is 0 Å². The maximum Gasteiger partial charge on any atom is 0.181 e. The van der Waals surface area contributed by atoms with Gasteiger partial charge in [-0.3, -0.25) is 4.79 Å². The minimum Gasteiger partial charge on any atom is -0.293 e. The molecule has 0 spiro atoms. The second-order valence-electron chi connectivity index (χ2n) is 5.78. The lowest BCUT2D eigenvalue weighted by Gasteiger charge is -2.18. The minimum atomic E-state index is 0.0130. The van der Waals surface area contributed by atoms with Crippen LogP contribution in [0.2, 0.25) is 0 Å². The van der Waals surface area contributed by atoms with Gasteiger partial charge in [0.2, 0.25) is 0 Å². The topological polar surface area (TPSA) is 34.9 Å². The summed E-state index contributed by atoms with van der Waals surface area (Å²) < 4.78 is 1.91. The number of hydrogen-bond acceptors (Lipinski definition) is 3. The van der Waals surface area contributed by atoms with E-state index in [2.05, 4.69) is 54.5 Å². The van der Waals surface area contributed by atoms with Crippen LogP contribution >= 0.6 is 11.8 Å². The number of ketones is 1. The summed E-state index contributed by atoms with van der Waals surface area (Å²) in [6.07, 6.45) is 0. The molecule has 0 radical (unpaired) electrons. The Kier molecular flexibility index (Phi) is 3.34. The normalized spacial score (nSPS) is 12.6. The van der Waals surface area contributed by atoms with E-state index in [0.29, 0.717) is 5.69 Å². The molecule has 0 aliphatic carbocycles. The van der Waals surface area contributed by atoms with Crippen LogP contribution < -0.4 is 0 Å². The van der Waals surface area contributed by atoms with Crippen molar-refractivity contribution in [1.82, 2.24) is 9.78 Å². The average Bonchev–Trinajstić information content (AvgIpc) is 2.96. The molecule has 0 N–H and O–H groups in total. The smallest absolute Gasteiger partial charge is 0.181 e. The predicted octanol–water partition coefficient (Wildman–Crippen LogP) is 4.66. The number of carbonyl (C=O) groups excluding carboxylic acids is 1. The Labute approximate surface area is 139 Å². The molecule has 0 saturated heterocycles. The van der Waals surface area contributed by atoms with Gasteiger partial charge < -0.3 is 0 Å². The Balaban J connectivity index is 2.01. The van der Waals surface area contributed by atoms with Crippen LogP contribution in [-0.2, 0) is 5.75 Å². The Hall–Kier alpha value is -2.33. The van der Waals surface area contributed by atoms with Crippen LogP contribution in [-0.4, -0.2) is 15.6 Å². The highest BCUT2D eigenvalue weighted by atomic mass is 32.2. The Bertz CT molecular complexity index is 910. The lowest BCUT2D eigenvalue weighted by Crippen LogP contribution is -2.03. The molecule has 1 aliphatic heterocycles. The maximum absolute atomic E-state index is 12.0. The number of aromatic nitrogens is 2. The number of nitrogens with zero attached hydrogens (tertiary/aromatic N) is 2. The summed E-state index contributed by atoms with van der Waals surface area (Å²) in [5.41, 5.74) is 6.24. The van der Waals surface area contributed by atoms with Crippen LogP contribution in [0, 0.1) is 6.92 Å². The first kappa shape index (κ1) is 14.3. The summed E-state index contributed by atoms with van der Waals surface area (Å²) >= 11 is 1.70. The highest BCUT2D eigenvalue weighted by Crippen LogP contribution is 2.44. The quantitative estimate of drug-likeness (QED) is 0.644. The van der Waals surface area contributed by atoms with E-state index in [1.165, 1.54) is 16.7 Å². The fourth-order valence-corrected chi connectivity index (χ4v) is 4.11. The molecule has 3 aromatic rings. The SMILES string of the molecule is CC(=O)c1nn(-c2ccc(C)cc2)c2c1SCc1ccccc1-2. The number of fused-ring (bicyclic) bond motifs is 3. The molecule has 0 amide bonds. The summed E-state index contributed by atoms with van der Waals surface area (Å²) in [7, 11) is 0. The molecule has 23 heavy (non-hydrogen) atoms. The molecule has 4 rings (SSSR count). The van der Waals surface area contributed by atoms with Crippen molar-refractivity contribution in [2.45, 2.75) is 24.5 Å². The molecule has 3 nitrogen and oxygen atoms in total. The molecule has 2 aromatic carbocycles. The van der Waals surface area contributed by atoms with Gasteiger partial charge >= 0.3 is 0 Å². The summed E-state index contributed by atoms with van der Waals surface area (Å²) in [6, 6.07) is 16.6. The number of carbonyl (C=O) groups is 1. The van der Waals surface area contributed by atoms with Crippen molar-refractivity contribution in [3.63, 3.8) is 0 Å². The molecule has 2 heterocycles. The molecule has 0 unspecified atom stereocenters. The number of aryl methyl sites for hydroxylation is 1. The molecule has 0 atom stereocenters. The van der Waals surface area contributed by atoms with Crippen molar-refractivity contribution in [3.8, 4) is 16.9 Å². The lowest BCUT2D eigenvalue weighted by molar-refractivity contribution is 0.101. The van der Waals surface area contributed by atoms with E-state index in [1.807, 2.05) is 10.7 Å². The first-order chi connectivity index (χ1) is 11.1. The number of thioether (sulfide) groups is 1. The van der Waals surface area contributed by atoms with Crippen molar-refractivity contribution in [1.29, 1.82) is 0 Å². The zero-order valence-electron chi connectivity index (χ0n) is 13.0. The van der Waals surface area contributed by atoms with Gasteiger partial charge in [0.25, 0.3) is 0 Å². The summed E-state index contributed by atoms with van der Waals surface area (Å²) in [6.45, 7) is 3.65. The molecule has 0 saturated carbocycles. The third-order valence-electron chi connectivity index (χ3n) is 4.10. The standard InChI is InChI=1S/C19H16N2OS/c1-12-7-9-15(10-8-12)21-18-16-6-4-3-5-14(16)11-23-19(18)17(20-21)13(2)22/h3-10H,11H2,1-2H3. The van der Waals surface area contributed by atoms with E-state index in [-0.39, 0.29) is 5.78 Å². The zero-order valence-corrected chi connectivity index (χ0v) is 13.9. The van der Waals surface area contributed by atoms with E-state index in [0.717, 1.165) is 22.0 Å². The molecule has 0 bridgehead atoms. The highest BCUT2D eigenvalue weighted by molar-refractivity contribution is 7.98. The number of benzene rings is 2. The summed E-state index contributed by atoms with van der Waals surface area (Å²) in [5, 5.41) is 4.64. The number of hydrogen-bond donors (Lipinski definition) is 0. The van der Waals surface area contributed by atoms with Gasteiger partial charge in [-0.2, -0.15) is 5.10 Å². The monoisotopic (exact) mass is 320 g/mol. The molecule has 114 valence electrons. The number of Topliss-reactive ketones (excluding diaryl/α,β-unsaturated/α-hetero) is 1.